The number of nitrogens with two attached hydrogens (primary N) is 1. The molecular weight excluding hydrogens is 416 g/mol. The summed E-state index contributed by atoms with van der Waals surface area (Å²) in [7, 11) is 0. The highest BCUT2D eigenvalue weighted by Crippen LogP contribution is 2.33. The average Bonchev–Trinajstić information content (AvgIpc) is 3.26. The van der Waals surface area contributed by atoms with Gasteiger partial charge in [0, 0.05) is 11.8 Å². The number of fused-ring (bicyclic) bond motifs is 1. The van der Waals surface area contributed by atoms with Crippen LogP contribution in [0.25, 0.3) is 28.0 Å². The molecule has 0 unspecified atom stereocenters. The molecule has 8 heteroatoms. The SMILES string of the molecule is C=CC(=O)N1C=CC=C(n2nc(-c3ccc(Oc4ccccc4)cc3)c3c(N)ncnc32)C1. The second-order valence-electron chi connectivity index (χ2n) is 7.33. The van der Waals surface area contributed by atoms with Crippen molar-refractivity contribution in [3.63, 3.8) is 0 Å². The molecule has 0 aliphatic carbocycles. The second kappa shape index (κ2) is 8.43. The third kappa shape index (κ3) is 3.85. The number of ether oxygens (including phenoxy) is 1. The zero-order valence-corrected chi connectivity index (χ0v) is 17.6. The van der Waals surface area contributed by atoms with Gasteiger partial charge in [0.15, 0.2) is 5.65 Å². The zero-order chi connectivity index (χ0) is 22.8. The number of hydrogen-bond donors (Lipinski definition) is 1. The van der Waals surface area contributed by atoms with Crippen LogP contribution in [0.15, 0.2) is 91.9 Å². The summed E-state index contributed by atoms with van der Waals surface area (Å²) in [6, 6.07) is 17.2. The summed E-state index contributed by atoms with van der Waals surface area (Å²) in [4.78, 5) is 22.2. The van der Waals surface area contributed by atoms with Gasteiger partial charge in [0.2, 0.25) is 5.91 Å². The van der Waals surface area contributed by atoms with Gasteiger partial charge in [0.25, 0.3) is 0 Å². The molecule has 4 aromatic rings. The number of nitrogen functional groups attached to an aromatic ring is 1. The second-order valence-corrected chi connectivity index (χ2v) is 7.33. The molecule has 8 nitrogen and oxygen atoms in total. The molecule has 0 saturated heterocycles. The number of para-hydroxylation sites is 1. The molecule has 3 heterocycles. The first-order valence-electron chi connectivity index (χ1n) is 10.3. The third-order valence-electron chi connectivity index (χ3n) is 5.22. The highest BCUT2D eigenvalue weighted by Gasteiger charge is 2.21. The Morgan fingerprint density at radius 3 is 2.58 bits per heavy atom. The molecule has 2 N–H and O–H groups in total. The fraction of sp³-hybridized carbons (Fsp3) is 0.0400. The number of amides is 1. The maximum Gasteiger partial charge on any atom is 0.250 e. The first-order chi connectivity index (χ1) is 16.1. The summed E-state index contributed by atoms with van der Waals surface area (Å²) < 4.78 is 7.59. The smallest absolute Gasteiger partial charge is 0.250 e. The molecular formula is C25H20N6O2. The van der Waals surface area contributed by atoms with Crippen LogP contribution >= 0.6 is 0 Å². The largest absolute Gasteiger partial charge is 0.457 e. The van der Waals surface area contributed by atoms with E-state index in [-0.39, 0.29) is 5.91 Å². The van der Waals surface area contributed by atoms with E-state index in [1.54, 1.807) is 21.9 Å². The van der Waals surface area contributed by atoms with E-state index in [0.29, 0.717) is 34.8 Å². The molecule has 0 saturated carbocycles. The Bertz CT molecular complexity index is 1400. The van der Waals surface area contributed by atoms with Crippen LogP contribution in [0.3, 0.4) is 0 Å². The van der Waals surface area contributed by atoms with Crippen molar-refractivity contribution >= 4 is 28.5 Å². The minimum atomic E-state index is -0.198. The zero-order valence-electron chi connectivity index (χ0n) is 17.6. The van der Waals surface area contributed by atoms with Crippen LogP contribution in [-0.2, 0) is 4.79 Å². The third-order valence-corrected chi connectivity index (χ3v) is 5.22. The van der Waals surface area contributed by atoms with Crippen molar-refractivity contribution in [2.45, 2.75) is 0 Å². The van der Waals surface area contributed by atoms with Crippen LogP contribution in [0.4, 0.5) is 5.82 Å². The molecule has 1 aliphatic heterocycles. The lowest BCUT2D eigenvalue weighted by Crippen LogP contribution is -2.28. The molecule has 0 radical (unpaired) electrons. The minimum Gasteiger partial charge on any atom is -0.457 e. The fourth-order valence-corrected chi connectivity index (χ4v) is 3.63. The molecule has 0 bridgehead atoms. The van der Waals surface area contributed by atoms with E-state index in [9.17, 15) is 4.79 Å². The van der Waals surface area contributed by atoms with E-state index in [4.69, 9.17) is 15.6 Å². The van der Waals surface area contributed by atoms with Gasteiger partial charge < -0.3 is 15.4 Å². The molecule has 162 valence electrons. The van der Waals surface area contributed by atoms with Crippen LogP contribution in [0.2, 0.25) is 0 Å². The topological polar surface area (TPSA) is 99.2 Å². The van der Waals surface area contributed by atoms with E-state index in [2.05, 4.69) is 16.5 Å². The quantitative estimate of drug-likeness (QED) is 0.470. The Morgan fingerprint density at radius 2 is 1.82 bits per heavy atom. The van der Waals surface area contributed by atoms with E-state index >= 15 is 0 Å². The standard InChI is InChI=1S/C25H20N6O2/c1-2-21(32)30-14-6-7-18(15-30)31-25-22(24(26)27-16-28-25)23(29-31)17-10-12-20(13-11-17)33-19-8-4-3-5-9-19/h2-14,16H,1,15H2,(H2,26,27,28). The van der Waals surface area contributed by atoms with Crippen molar-refractivity contribution in [3.8, 4) is 22.8 Å². The predicted octanol–water partition coefficient (Wildman–Crippen LogP) is 4.25. The molecule has 1 aliphatic rings. The molecule has 1 amide bonds. The lowest BCUT2D eigenvalue weighted by Gasteiger charge is -2.21. The summed E-state index contributed by atoms with van der Waals surface area (Å²) in [5.74, 6) is 1.60. The van der Waals surface area contributed by atoms with Gasteiger partial charge >= 0.3 is 0 Å². The Kier molecular flexibility index (Phi) is 5.16. The molecule has 2 aromatic carbocycles. The number of allylic oxidation sites excluding steroid dienone is 2. The fourth-order valence-electron chi connectivity index (χ4n) is 3.63. The summed E-state index contributed by atoms with van der Waals surface area (Å²) in [6.07, 6.45) is 8.06. The van der Waals surface area contributed by atoms with Gasteiger partial charge in [-0.15, -0.1) is 0 Å². The molecule has 5 rings (SSSR count). The maximum atomic E-state index is 12.1. The Hall–Kier alpha value is -4.72. The lowest BCUT2D eigenvalue weighted by molar-refractivity contribution is -0.123. The minimum absolute atomic E-state index is 0.198. The highest BCUT2D eigenvalue weighted by molar-refractivity contribution is 5.99. The van der Waals surface area contributed by atoms with Gasteiger partial charge in [-0.25, -0.2) is 14.6 Å². The average molecular weight is 436 g/mol. The molecule has 33 heavy (non-hydrogen) atoms. The van der Waals surface area contributed by atoms with Crippen molar-refractivity contribution in [1.82, 2.24) is 24.6 Å². The maximum absolute atomic E-state index is 12.1. The summed E-state index contributed by atoms with van der Waals surface area (Å²) >= 11 is 0. The molecule has 0 spiro atoms. The number of carbonyl (C=O) groups is 1. The van der Waals surface area contributed by atoms with Crippen molar-refractivity contribution in [2.75, 3.05) is 12.3 Å². The predicted molar refractivity (Wildman–Crippen MR) is 127 cm³/mol. The van der Waals surface area contributed by atoms with Crippen LogP contribution in [-0.4, -0.2) is 37.1 Å². The monoisotopic (exact) mass is 436 g/mol. The number of aromatic nitrogens is 4. The van der Waals surface area contributed by atoms with E-state index < -0.39 is 0 Å². The van der Waals surface area contributed by atoms with Crippen LogP contribution in [0.5, 0.6) is 11.5 Å². The number of hydrogen-bond acceptors (Lipinski definition) is 6. The van der Waals surface area contributed by atoms with Crippen LogP contribution < -0.4 is 10.5 Å². The summed E-state index contributed by atoms with van der Waals surface area (Å²) in [5.41, 5.74) is 9.04. The Labute approximate surface area is 189 Å². The van der Waals surface area contributed by atoms with E-state index in [1.165, 1.54) is 12.4 Å². The first kappa shape index (κ1) is 20.2. The number of rotatable bonds is 5. The highest BCUT2D eigenvalue weighted by atomic mass is 16.5. The molecule has 0 fully saturated rings. The van der Waals surface area contributed by atoms with Crippen LogP contribution in [0, 0.1) is 0 Å². The molecule has 2 aromatic heterocycles. The molecule has 0 atom stereocenters. The van der Waals surface area contributed by atoms with Gasteiger partial charge in [-0.2, -0.15) is 5.10 Å². The van der Waals surface area contributed by atoms with Gasteiger partial charge in [-0.1, -0.05) is 24.8 Å². The van der Waals surface area contributed by atoms with Gasteiger partial charge in [0.1, 0.15) is 29.3 Å². The van der Waals surface area contributed by atoms with Gasteiger partial charge in [0.05, 0.1) is 17.6 Å². The van der Waals surface area contributed by atoms with Crippen molar-refractivity contribution in [1.29, 1.82) is 0 Å². The van der Waals surface area contributed by atoms with Crippen molar-refractivity contribution in [3.05, 3.63) is 91.9 Å². The van der Waals surface area contributed by atoms with Crippen molar-refractivity contribution < 1.29 is 9.53 Å². The van der Waals surface area contributed by atoms with Gasteiger partial charge in [-0.3, -0.25) is 4.79 Å². The normalized spacial score (nSPS) is 13.1. The number of carbonyl (C=O) groups excluding carboxylic acids is 1. The first-order valence-corrected chi connectivity index (χ1v) is 10.3. The number of nitrogens with zero attached hydrogens (tertiary/aromatic N) is 5. The van der Waals surface area contributed by atoms with Crippen LogP contribution in [0.1, 0.15) is 0 Å². The van der Waals surface area contributed by atoms with Crippen molar-refractivity contribution in [2.24, 2.45) is 0 Å². The Balaban J connectivity index is 1.53. The lowest BCUT2D eigenvalue weighted by atomic mass is 10.1. The Morgan fingerprint density at radius 1 is 1.06 bits per heavy atom. The summed E-state index contributed by atoms with van der Waals surface area (Å²) in [6.45, 7) is 3.88. The van der Waals surface area contributed by atoms with E-state index in [0.717, 1.165) is 17.0 Å². The summed E-state index contributed by atoms with van der Waals surface area (Å²) in [5, 5.41) is 5.45. The van der Waals surface area contributed by atoms with E-state index in [1.807, 2.05) is 60.7 Å². The number of anilines is 1. The van der Waals surface area contributed by atoms with Gasteiger partial charge in [-0.05, 0) is 54.6 Å². The number of benzene rings is 2.